The highest BCUT2D eigenvalue weighted by Gasteiger charge is 2.25. The van der Waals surface area contributed by atoms with Crippen molar-refractivity contribution in [2.24, 2.45) is 0 Å². The molecular formula is C11H20N5O4P. The summed E-state index contributed by atoms with van der Waals surface area (Å²) in [4.78, 5) is 15.4. The predicted octanol–water partition coefficient (Wildman–Crippen LogP) is -0.720. The van der Waals surface area contributed by atoms with E-state index in [0.29, 0.717) is 13.1 Å². The second-order valence-electron chi connectivity index (χ2n) is 4.88. The summed E-state index contributed by atoms with van der Waals surface area (Å²) in [7, 11) is 1.15. The van der Waals surface area contributed by atoms with Crippen LogP contribution in [0.1, 0.15) is 6.23 Å². The third-order valence-corrected chi connectivity index (χ3v) is 4.10. The molecule has 1 aliphatic heterocycles. The van der Waals surface area contributed by atoms with E-state index in [1.165, 1.54) is 15.3 Å². The standard InChI is InChI=1S/C11H20N5O4P/c1-15(2)21(18)19-7-8-5-13-6-10(20-8)16-4-3-9(12)14-11(16)17/h3-4,8,10,13,21H,5-7H2,1-2H3,(H2,12,14,17)/t8-,10+/m0/s1. The lowest BCUT2D eigenvalue weighted by atomic mass is 10.3. The van der Waals surface area contributed by atoms with Crippen LogP contribution < -0.4 is 16.7 Å². The molecule has 2 heterocycles. The Balaban J connectivity index is 1.97. The molecule has 1 fully saturated rings. The van der Waals surface area contributed by atoms with Crippen LogP contribution in [-0.4, -0.2) is 54.1 Å². The lowest BCUT2D eigenvalue weighted by Crippen LogP contribution is -2.46. The molecule has 1 aliphatic rings. The van der Waals surface area contributed by atoms with Gasteiger partial charge in [-0.2, -0.15) is 4.98 Å². The number of nitrogens with one attached hydrogen (secondary N) is 1. The maximum atomic E-state index is 11.8. The van der Waals surface area contributed by atoms with Crippen molar-refractivity contribution < 1.29 is 13.8 Å². The van der Waals surface area contributed by atoms with Gasteiger partial charge in [0.05, 0.1) is 12.7 Å². The molecule has 1 unspecified atom stereocenters. The fraction of sp³-hybridized carbons (Fsp3) is 0.636. The van der Waals surface area contributed by atoms with E-state index >= 15 is 0 Å². The Morgan fingerprint density at radius 1 is 1.62 bits per heavy atom. The topological polar surface area (TPSA) is 112 Å². The second-order valence-corrected chi connectivity index (χ2v) is 6.60. The number of ether oxygens (including phenoxy) is 1. The molecule has 9 nitrogen and oxygen atoms in total. The van der Waals surface area contributed by atoms with Gasteiger partial charge in [-0.05, 0) is 20.2 Å². The minimum atomic E-state index is -2.22. The first kappa shape index (κ1) is 16.1. The van der Waals surface area contributed by atoms with Crippen molar-refractivity contribution in [1.82, 2.24) is 19.5 Å². The largest absolute Gasteiger partial charge is 0.383 e. The fourth-order valence-electron chi connectivity index (χ4n) is 1.89. The fourth-order valence-corrected chi connectivity index (χ4v) is 2.47. The average Bonchev–Trinajstić information content (AvgIpc) is 2.45. The summed E-state index contributed by atoms with van der Waals surface area (Å²) in [6.45, 7) is 1.23. The summed E-state index contributed by atoms with van der Waals surface area (Å²) in [5.74, 6) is 0.171. The number of nitrogens with zero attached hydrogens (tertiary/aromatic N) is 3. The van der Waals surface area contributed by atoms with Gasteiger partial charge in [0.2, 0.25) is 0 Å². The number of hydrogen-bond acceptors (Lipinski definition) is 7. The third-order valence-electron chi connectivity index (χ3n) is 2.96. The third kappa shape index (κ3) is 4.36. The lowest BCUT2D eigenvalue weighted by Gasteiger charge is -2.31. The van der Waals surface area contributed by atoms with Crippen molar-refractivity contribution in [3.05, 3.63) is 22.7 Å². The van der Waals surface area contributed by atoms with E-state index < -0.39 is 20.1 Å². The van der Waals surface area contributed by atoms with Gasteiger partial charge in [0, 0.05) is 19.3 Å². The summed E-state index contributed by atoms with van der Waals surface area (Å²) < 4.78 is 25.5. The first-order valence-corrected chi connectivity index (χ1v) is 7.78. The minimum absolute atomic E-state index is 0.171. The van der Waals surface area contributed by atoms with Crippen LogP contribution in [0.15, 0.2) is 17.1 Å². The van der Waals surface area contributed by atoms with E-state index in [9.17, 15) is 9.36 Å². The molecule has 0 saturated carbocycles. The molecule has 2 rings (SSSR count). The number of nitrogen functional groups attached to an aromatic ring is 1. The summed E-state index contributed by atoms with van der Waals surface area (Å²) in [6.07, 6.45) is 0.764. The Kier molecular flexibility index (Phi) is 5.49. The van der Waals surface area contributed by atoms with E-state index in [4.69, 9.17) is 15.0 Å². The van der Waals surface area contributed by atoms with Crippen molar-refractivity contribution in [3.8, 4) is 0 Å². The smallest absolute Gasteiger partial charge is 0.351 e. The zero-order valence-electron chi connectivity index (χ0n) is 12.0. The van der Waals surface area contributed by atoms with Gasteiger partial charge >= 0.3 is 5.69 Å². The van der Waals surface area contributed by atoms with Gasteiger partial charge in [0.1, 0.15) is 5.82 Å². The first-order chi connectivity index (χ1) is 9.97. The van der Waals surface area contributed by atoms with Crippen molar-refractivity contribution >= 4 is 14.0 Å². The van der Waals surface area contributed by atoms with E-state index in [2.05, 4.69) is 10.3 Å². The quantitative estimate of drug-likeness (QED) is 0.684. The van der Waals surface area contributed by atoms with Gasteiger partial charge < -0.3 is 20.3 Å². The molecule has 0 spiro atoms. The molecule has 1 aromatic heterocycles. The molecular weight excluding hydrogens is 297 g/mol. The Morgan fingerprint density at radius 3 is 3.05 bits per heavy atom. The Labute approximate surface area is 123 Å². The normalized spacial score (nSPS) is 24.1. The van der Waals surface area contributed by atoms with Gasteiger partial charge in [-0.25, -0.2) is 9.46 Å². The molecule has 0 aromatic carbocycles. The van der Waals surface area contributed by atoms with Crippen LogP contribution in [0.4, 0.5) is 5.82 Å². The van der Waals surface area contributed by atoms with Crippen molar-refractivity contribution in [3.63, 3.8) is 0 Å². The van der Waals surface area contributed by atoms with Crippen LogP contribution in [0.3, 0.4) is 0 Å². The van der Waals surface area contributed by atoms with E-state index in [1.807, 2.05) is 0 Å². The second kappa shape index (κ2) is 7.15. The van der Waals surface area contributed by atoms with Crippen LogP contribution in [0, 0.1) is 0 Å². The molecule has 0 radical (unpaired) electrons. The summed E-state index contributed by atoms with van der Waals surface area (Å²) in [5.41, 5.74) is 4.99. The van der Waals surface area contributed by atoms with E-state index in [1.54, 1.807) is 20.3 Å². The van der Waals surface area contributed by atoms with Crippen molar-refractivity contribution in [1.29, 1.82) is 0 Å². The lowest BCUT2D eigenvalue weighted by molar-refractivity contribution is -0.0928. The van der Waals surface area contributed by atoms with Crippen LogP contribution in [-0.2, 0) is 13.8 Å². The van der Waals surface area contributed by atoms with Crippen LogP contribution in [0.25, 0.3) is 0 Å². The molecule has 0 bridgehead atoms. The predicted molar refractivity (Wildman–Crippen MR) is 78.3 cm³/mol. The molecule has 3 N–H and O–H groups in total. The number of nitrogens with two attached hydrogens (primary N) is 1. The molecule has 3 atom stereocenters. The Morgan fingerprint density at radius 2 is 2.38 bits per heavy atom. The maximum absolute atomic E-state index is 11.8. The molecule has 0 amide bonds. The Hall–Kier alpha value is -1.25. The van der Waals surface area contributed by atoms with Crippen LogP contribution in [0.2, 0.25) is 0 Å². The molecule has 10 heteroatoms. The monoisotopic (exact) mass is 317 g/mol. The number of rotatable bonds is 5. The molecule has 1 aromatic rings. The van der Waals surface area contributed by atoms with Crippen LogP contribution >= 0.6 is 8.18 Å². The van der Waals surface area contributed by atoms with Crippen molar-refractivity contribution in [2.75, 3.05) is 39.5 Å². The summed E-state index contributed by atoms with van der Waals surface area (Å²) >= 11 is 0. The van der Waals surface area contributed by atoms with Crippen molar-refractivity contribution in [2.45, 2.75) is 12.3 Å². The number of morpholine rings is 1. The van der Waals surface area contributed by atoms with Gasteiger partial charge in [0.25, 0.3) is 8.18 Å². The highest BCUT2D eigenvalue weighted by Crippen LogP contribution is 2.25. The highest BCUT2D eigenvalue weighted by atomic mass is 31.1. The number of anilines is 1. The zero-order chi connectivity index (χ0) is 15.4. The van der Waals surface area contributed by atoms with Gasteiger partial charge in [-0.3, -0.25) is 9.13 Å². The van der Waals surface area contributed by atoms with E-state index in [-0.39, 0.29) is 18.5 Å². The highest BCUT2D eigenvalue weighted by molar-refractivity contribution is 7.36. The molecule has 118 valence electrons. The summed E-state index contributed by atoms with van der Waals surface area (Å²) in [6, 6.07) is 1.54. The maximum Gasteiger partial charge on any atom is 0.351 e. The SMILES string of the molecule is CN(C)[PH](=O)OC[C@@H]1CNC[C@H](n2ccc(N)nc2=O)O1. The molecule has 0 aliphatic carbocycles. The summed E-state index contributed by atoms with van der Waals surface area (Å²) in [5, 5.41) is 3.15. The van der Waals surface area contributed by atoms with Gasteiger partial charge in [-0.1, -0.05) is 0 Å². The molecule has 21 heavy (non-hydrogen) atoms. The Bertz CT molecular complexity index is 564. The average molecular weight is 317 g/mol. The zero-order valence-corrected chi connectivity index (χ0v) is 13.0. The number of aromatic nitrogens is 2. The minimum Gasteiger partial charge on any atom is -0.383 e. The van der Waals surface area contributed by atoms with Gasteiger partial charge in [-0.15, -0.1) is 0 Å². The first-order valence-electron chi connectivity index (χ1n) is 6.52. The number of hydrogen-bond donors (Lipinski definition) is 2. The van der Waals surface area contributed by atoms with Gasteiger partial charge in [0.15, 0.2) is 6.23 Å². The molecule has 1 saturated heterocycles. The van der Waals surface area contributed by atoms with E-state index in [0.717, 1.165) is 0 Å². The van der Waals surface area contributed by atoms with Crippen LogP contribution in [0.5, 0.6) is 0 Å².